The van der Waals surface area contributed by atoms with Crippen LogP contribution in [0.25, 0.3) is 0 Å². The van der Waals surface area contributed by atoms with Gasteiger partial charge in [0.2, 0.25) is 0 Å². The highest BCUT2D eigenvalue weighted by Gasteiger charge is 2.29. The number of rotatable bonds is 6. The molecule has 0 aromatic heterocycles. The van der Waals surface area contributed by atoms with E-state index in [1.165, 1.54) is 12.8 Å². The van der Waals surface area contributed by atoms with E-state index >= 15 is 0 Å². The highest BCUT2D eigenvalue weighted by atomic mass is 32.2. The third-order valence-corrected chi connectivity index (χ3v) is 5.78. The van der Waals surface area contributed by atoms with Crippen LogP contribution < -0.4 is 5.32 Å². The van der Waals surface area contributed by atoms with Crippen molar-refractivity contribution in [2.75, 3.05) is 12.3 Å². The first-order chi connectivity index (χ1) is 7.22. The average Bonchev–Trinajstić information content (AvgIpc) is 2.93. The van der Waals surface area contributed by atoms with E-state index in [-0.39, 0.29) is 0 Å². The summed E-state index contributed by atoms with van der Waals surface area (Å²) in [6.07, 6.45) is 3.33. The maximum atomic E-state index is 11.9. The van der Waals surface area contributed by atoms with Crippen LogP contribution in [0.4, 0.5) is 0 Å². The van der Waals surface area contributed by atoms with Crippen LogP contribution in [-0.2, 0) is 9.84 Å². The molecule has 1 rings (SSSR count). The molecule has 16 heavy (non-hydrogen) atoms. The SMILES string of the molecule is CC(CCS(=O)(=O)C(C)(C)C)CNC1CC1. The Morgan fingerprint density at radius 1 is 1.31 bits per heavy atom. The van der Waals surface area contributed by atoms with Gasteiger partial charge in [-0.1, -0.05) is 6.92 Å². The standard InChI is InChI=1S/C12H25NO2S/c1-10(9-13-11-5-6-11)7-8-16(14,15)12(2,3)4/h10-11,13H,5-9H2,1-4H3. The lowest BCUT2D eigenvalue weighted by molar-refractivity contribution is 0.489. The summed E-state index contributed by atoms with van der Waals surface area (Å²) in [4.78, 5) is 0. The van der Waals surface area contributed by atoms with Crippen LogP contribution >= 0.6 is 0 Å². The molecule has 1 aliphatic rings. The van der Waals surface area contributed by atoms with E-state index in [2.05, 4.69) is 12.2 Å². The lowest BCUT2D eigenvalue weighted by Gasteiger charge is -2.20. The van der Waals surface area contributed by atoms with Gasteiger partial charge in [-0.3, -0.25) is 0 Å². The number of hydrogen-bond donors (Lipinski definition) is 1. The quantitative estimate of drug-likeness (QED) is 0.780. The molecule has 0 aromatic carbocycles. The van der Waals surface area contributed by atoms with E-state index in [1.807, 2.05) is 0 Å². The van der Waals surface area contributed by atoms with Gasteiger partial charge in [-0.2, -0.15) is 0 Å². The van der Waals surface area contributed by atoms with Gasteiger partial charge in [-0.05, 0) is 52.5 Å². The number of hydrogen-bond acceptors (Lipinski definition) is 3. The fraction of sp³-hybridized carbons (Fsp3) is 1.00. The topological polar surface area (TPSA) is 46.2 Å². The molecule has 0 saturated heterocycles. The van der Waals surface area contributed by atoms with Crippen molar-refractivity contribution in [2.45, 2.75) is 57.7 Å². The first kappa shape index (κ1) is 14.0. The van der Waals surface area contributed by atoms with Crippen molar-refractivity contribution in [3.8, 4) is 0 Å². The molecule has 0 heterocycles. The first-order valence-corrected chi connectivity index (χ1v) is 7.83. The van der Waals surface area contributed by atoms with Crippen molar-refractivity contribution in [2.24, 2.45) is 5.92 Å². The molecule has 1 unspecified atom stereocenters. The van der Waals surface area contributed by atoms with Gasteiger partial charge in [0.05, 0.1) is 10.5 Å². The van der Waals surface area contributed by atoms with E-state index in [0.29, 0.717) is 17.7 Å². The molecule has 4 heteroatoms. The lowest BCUT2D eigenvalue weighted by atomic mass is 10.1. The summed E-state index contributed by atoms with van der Waals surface area (Å²) < 4.78 is 23.2. The lowest BCUT2D eigenvalue weighted by Crippen LogP contribution is -2.32. The Balaban J connectivity index is 2.26. The normalized spacial score (nSPS) is 19.8. The van der Waals surface area contributed by atoms with Crippen LogP contribution in [0, 0.1) is 5.92 Å². The van der Waals surface area contributed by atoms with Gasteiger partial charge < -0.3 is 5.32 Å². The Bertz CT molecular complexity index is 312. The fourth-order valence-corrected chi connectivity index (χ4v) is 2.74. The van der Waals surface area contributed by atoms with Gasteiger partial charge in [-0.25, -0.2) is 8.42 Å². The Kier molecular flexibility index (Phi) is 4.41. The minimum atomic E-state index is -2.94. The van der Waals surface area contributed by atoms with Crippen molar-refractivity contribution in [3.63, 3.8) is 0 Å². The summed E-state index contributed by atoms with van der Waals surface area (Å²) in [5.41, 5.74) is 0. The van der Waals surface area contributed by atoms with Gasteiger partial charge in [0.25, 0.3) is 0 Å². The molecular formula is C12H25NO2S. The van der Waals surface area contributed by atoms with Crippen LogP contribution in [0.15, 0.2) is 0 Å². The van der Waals surface area contributed by atoms with Crippen molar-refractivity contribution < 1.29 is 8.42 Å². The average molecular weight is 247 g/mol. The van der Waals surface area contributed by atoms with E-state index in [9.17, 15) is 8.42 Å². The van der Waals surface area contributed by atoms with E-state index in [4.69, 9.17) is 0 Å². The molecule has 0 bridgehead atoms. The Hall–Kier alpha value is -0.0900. The summed E-state index contributed by atoms with van der Waals surface area (Å²) in [5, 5.41) is 3.44. The second-order valence-corrected chi connectivity index (χ2v) is 8.87. The molecule has 1 atom stereocenters. The number of nitrogens with one attached hydrogen (secondary N) is 1. The van der Waals surface area contributed by atoms with Gasteiger partial charge in [0.1, 0.15) is 0 Å². The zero-order valence-electron chi connectivity index (χ0n) is 10.9. The molecule has 0 aliphatic heterocycles. The zero-order valence-corrected chi connectivity index (χ0v) is 11.7. The molecule has 0 spiro atoms. The van der Waals surface area contributed by atoms with Gasteiger partial charge in [0, 0.05) is 6.04 Å². The van der Waals surface area contributed by atoms with Gasteiger partial charge in [-0.15, -0.1) is 0 Å². The molecule has 0 radical (unpaired) electrons. The minimum Gasteiger partial charge on any atom is -0.314 e. The van der Waals surface area contributed by atoms with Gasteiger partial charge in [0.15, 0.2) is 9.84 Å². The van der Waals surface area contributed by atoms with Crippen LogP contribution in [0.3, 0.4) is 0 Å². The van der Waals surface area contributed by atoms with Crippen LogP contribution in [-0.4, -0.2) is 31.5 Å². The predicted octanol–water partition coefficient (Wildman–Crippen LogP) is 1.98. The monoisotopic (exact) mass is 247 g/mol. The van der Waals surface area contributed by atoms with E-state index in [1.54, 1.807) is 20.8 Å². The highest BCUT2D eigenvalue weighted by molar-refractivity contribution is 7.92. The van der Waals surface area contributed by atoms with Crippen molar-refractivity contribution in [1.82, 2.24) is 5.32 Å². The molecule has 0 amide bonds. The third kappa shape index (κ3) is 4.42. The molecule has 1 saturated carbocycles. The first-order valence-electron chi connectivity index (χ1n) is 6.18. The predicted molar refractivity (Wildman–Crippen MR) is 68.3 cm³/mol. The van der Waals surface area contributed by atoms with Crippen molar-refractivity contribution in [3.05, 3.63) is 0 Å². The van der Waals surface area contributed by atoms with Crippen LogP contribution in [0.1, 0.15) is 47.0 Å². The summed E-state index contributed by atoms with van der Waals surface area (Å²) >= 11 is 0. The maximum Gasteiger partial charge on any atom is 0.155 e. The molecule has 0 aromatic rings. The van der Waals surface area contributed by atoms with E-state index < -0.39 is 14.6 Å². The summed E-state index contributed by atoms with van der Waals surface area (Å²) in [5.74, 6) is 0.752. The van der Waals surface area contributed by atoms with Crippen LogP contribution in [0.5, 0.6) is 0 Å². The Labute approximate surface area is 99.9 Å². The molecule has 1 aliphatic carbocycles. The summed E-state index contributed by atoms with van der Waals surface area (Å²) in [6.45, 7) is 8.39. The highest BCUT2D eigenvalue weighted by Crippen LogP contribution is 2.20. The van der Waals surface area contributed by atoms with Crippen LogP contribution in [0.2, 0.25) is 0 Å². The smallest absolute Gasteiger partial charge is 0.155 e. The van der Waals surface area contributed by atoms with Crippen molar-refractivity contribution >= 4 is 9.84 Å². The maximum absolute atomic E-state index is 11.9. The minimum absolute atomic E-state index is 0.310. The number of sulfone groups is 1. The Morgan fingerprint density at radius 3 is 2.31 bits per heavy atom. The van der Waals surface area contributed by atoms with E-state index in [0.717, 1.165) is 13.0 Å². The Morgan fingerprint density at radius 2 is 1.88 bits per heavy atom. The van der Waals surface area contributed by atoms with Crippen molar-refractivity contribution in [1.29, 1.82) is 0 Å². The molecule has 1 fully saturated rings. The second-order valence-electron chi connectivity index (χ2n) is 6.01. The zero-order chi connectivity index (χ0) is 12.4. The molecule has 3 nitrogen and oxygen atoms in total. The van der Waals surface area contributed by atoms with Gasteiger partial charge >= 0.3 is 0 Å². The fourth-order valence-electron chi connectivity index (χ4n) is 1.42. The molecule has 1 N–H and O–H groups in total. The largest absolute Gasteiger partial charge is 0.314 e. The second kappa shape index (κ2) is 5.05. The third-order valence-electron chi connectivity index (χ3n) is 3.14. The summed E-state index contributed by atoms with van der Waals surface area (Å²) in [7, 11) is -2.94. The molecule has 96 valence electrons. The molecular weight excluding hydrogens is 222 g/mol. The summed E-state index contributed by atoms with van der Waals surface area (Å²) in [6, 6.07) is 0.710.